The van der Waals surface area contributed by atoms with Gasteiger partial charge in [0, 0.05) is 19.5 Å². The average molecular weight is 611 g/mol. The highest BCUT2D eigenvalue weighted by Crippen LogP contribution is 2.22. The van der Waals surface area contributed by atoms with Crippen LogP contribution >= 0.6 is 0 Å². The topological polar surface area (TPSA) is 84.5 Å². The van der Waals surface area contributed by atoms with Gasteiger partial charge in [-0.3, -0.25) is 9.59 Å². The summed E-state index contributed by atoms with van der Waals surface area (Å²) < 4.78 is 5.75. The smallest absolute Gasteiger partial charge is 0.251 e. The quantitative estimate of drug-likeness (QED) is 0.142. The van der Waals surface area contributed by atoms with E-state index in [0.29, 0.717) is 17.7 Å². The predicted molar refractivity (Wildman–Crippen MR) is 190 cm³/mol. The molecule has 0 spiro atoms. The van der Waals surface area contributed by atoms with E-state index in [1.54, 1.807) is 31.3 Å². The van der Waals surface area contributed by atoms with Gasteiger partial charge in [0.1, 0.15) is 17.8 Å². The number of amides is 2. The molecule has 2 amide bonds. The Labute approximate surface area is 269 Å². The fraction of sp³-hybridized carbons (Fsp3) is 0.500. The number of carbonyl (C=O) groups is 3. The summed E-state index contributed by atoms with van der Waals surface area (Å²) in [6, 6.07) is 14.2. The van der Waals surface area contributed by atoms with E-state index in [0.717, 1.165) is 43.6 Å². The maximum absolute atomic E-state index is 12.2. The van der Waals surface area contributed by atoms with Gasteiger partial charge < -0.3 is 20.2 Å². The molecule has 2 N–H and O–H groups in total. The number of hydrogen-bond donors (Lipinski definition) is 2. The zero-order chi connectivity index (χ0) is 34.2. The van der Waals surface area contributed by atoms with Crippen LogP contribution in [-0.2, 0) is 9.59 Å². The highest BCUT2D eigenvalue weighted by atomic mass is 16.5. The summed E-state index contributed by atoms with van der Waals surface area (Å²) >= 11 is 0. The summed E-state index contributed by atoms with van der Waals surface area (Å²) in [5.74, 6) is 2.06. The van der Waals surface area contributed by atoms with Crippen LogP contribution in [0.1, 0.15) is 117 Å². The molecule has 0 aliphatic heterocycles. The van der Waals surface area contributed by atoms with Gasteiger partial charge in [0.15, 0.2) is 0 Å². The number of carbonyl (C=O) groups excluding carboxylic acids is 3. The molecule has 6 nitrogen and oxygen atoms in total. The molecule has 0 aliphatic carbocycles. The third kappa shape index (κ3) is 28.4. The SMILES string of the molecule is C/C=C\C=C/CC.CC.CCC(C)C.CCCCCC(C=O)NC(=O)c1ccc(Oc2ccc(C)cc2)cc1.CNC(C)=O. The number of ether oxygens (including phenoxy) is 1. The van der Waals surface area contributed by atoms with E-state index in [-0.39, 0.29) is 11.8 Å². The van der Waals surface area contributed by atoms with Crippen LogP contribution in [0.2, 0.25) is 0 Å². The molecule has 1 unspecified atom stereocenters. The molecular weight excluding hydrogens is 548 g/mol. The number of benzene rings is 2. The van der Waals surface area contributed by atoms with Crippen molar-refractivity contribution in [3.05, 3.63) is 84.0 Å². The largest absolute Gasteiger partial charge is 0.457 e. The molecule has 2 rings (SSSR count). The molecule has 2 aromatic carbocycles. The first kappa shape index (κ1) is 44.8. The summed E-state index contributed by atoms with van der Waals surface area (Å²) in [4.78, 5) is 33.1. The Morgan fingerprint density at radius 1 is 0.886 bits per heavy atom. The number of nitrogens with one attached hydrogen (secondary N) is 2. The van der Waals surface area contributed by atoms with E-state index < -0.39 is 6.04 Å². The van der Waals surface area contributed by atoms with Crippen molar-refractivity contribution >= 4 is 18.1 Å². The van der Waals surface area contributed by atoms with Crippen LogP contribution < -0.4 is 15.4 Å². The normalized spacial score (nSPS) is 10.5. The number of unbranched alkanes of at least 4 members (excludes halogenated alkanes) is 2. The predicted octanol–water partition coefficient (Wildman–Crippen LogP) is 10.0. The summed E-state index contributed by atoms with van der Waals surface area (Å²) in [6.45, 7) is 20.4. The molecule has 6 heteroatoms. The number of allylic oxidation sites excluding steroid dienone is 4. The summed E-state index contributed by atoms with van der Waals surface area (Å²) in [6.07, 6.45) is 15.2. The maximum Gasteiger partial charge on any atom is 0.251 e. The average Bonchev–Trinajstić information content (AvgIpc) is 3.04. The highest BCUT2D eigenvalue weighted by Gasteiger charge is 2.13. The second kappa shape index (κ2) is 32.2. The summed E-state index contributed by atoms with van der Waals surface area (Å²) in [5, 5.41) is 5.16. The molecule has 0 aliphatic rings. The summed E-state index contributed by atoms with van der Waals surface area (Å²) in [7, 11) is 1.60. The van der Waals surface area contributed by atoms with Crippen molar-refractivity contribution in [3.8, 4) is 11.5 Å². The lowest BCUT2D eigenvalue weighted by Gasteiger charge is -2.13. The van der Waals surface area contributed by atoms with Gasteiger partial charge >= 0.3 is 0 Å². The molecule has 0 aromatic heterocycles. The van der Waals surface area contributed by atoms with Crippen molar-refractivity contribution in [2.45, 2.75) is 114 Å². The van der Waals surface area contributed by atoms with Gasteiger partial charge in [-0.05, 0) is 69.0 Å². The first-order valence-electron chi connectivity index (χ1n) is 16.1. The Kier molecular flexibility index (Phi) is 32.8. The molecule has 0 bridgehead atoms. The zero-order valence-corrected chi connectivity index (χ0v) is 29.5. The van der Waals surface area contributed by atoms with Crippen LogP contribution in [0.4, 0.5) is 0 Å². The molecule has 44 heavy (non-hydrogen) atoms. The monoisotopic (exact) mass is 610 g/mol. The first-order chi connectivity index (χ1) is 21.1. The fourth-order valence-electron chi connectivity index (χ4n) is 2.78. The van der Waals surface area contributed by atoms with E-state index in [1.165, 1.54) is 18.9 Å². The first-order valence-corrected chi connectivity index (χ1v) is 16.1. The minimum absolute atomic E-state index is 0.00463. The Bertz CT molecular complexity index is 1010. The Balaban J connectivity index is -0.000000721. The van der Waals surface area contributed by atoms with Crippen molar-refractivity contribution in [2.75, 3.05) is 7.05 Å². The Hall–Kier alpha value is -3.67. The molecule has 0 radical (unpaired) electrons. The zero-order valence-electron chi connectivity index (χ0n) is 29.5. The van der Waals surface area contributed by atoms with Crippen LogP contribution in [0.25, 0.3) is 0 Å². The second-order valence-electron chi connectivity index (χ2n) is 10.1. The molecule has 248 valence electrons. The fourth-order valence-corrected chi connectivity index (χ4v) is 2.78. The lowest BCUT2D eigenvalue weighted by Crippen LogP contribution is -2.35. The minimum Gasteiger partial charge on any atom is -0.457 e. The van der Waals surface area contributed by atoms with Gasteiger partial charge in [0.05, 0.1) is 6.04 Å². The van der Waals surface area contributed by atoms with E-state index >= 15 is 0 Å². The van der Waals surface area contributed by atoms with Gasteiger partial charge in [-0.25, -0.2) is 0 Å². The molecule has 2 aromatic rings. The third-order valence-corrected chi connectivity index (χ3v) is 5.82. The second-order valence-corrected chi connectivity index (χ2v) is 10.1. The molecule has 0 heterocycles. The van der Waals surface area contributed by atoms with Crippen LogP contribution in [0.15, 0.2) is 72.8 Å². The van der Waals surface area contributed by atoms with Gasteiger partial charge in [-0.1, -0.05) is 116 Å². The van der Waals surface area contributed by atoms with Crippen molar-refractivity contribution < 1.29 is 19.1 Å². The number of hydrogen-bond acceptors (Lipinski definition) is 4. The third-order valence-electron chi connectivity index (χ3n) is 5.82. The Morgan fingerprint density at radius 2 is 1.39 bits per heavy atom. The van der Waals surface area contributed by atoms with Crippen LogP contribution in [0.3, 0.4) is 0 Å². The summed E-state index contributed by atoms with van der Waals surface area (Å²) in [5.41, 5.74) is 1.68. The van der Waals surface area contributed by atoms with Gasteiger partial charge in [0.25, 0.3) is 5.91 Å². The minimum atomic E-state index is -0.428. The van der Waals surface area contributed by atoms with Crippen LogP contribution in [0, 0.1) is 12.8 Å². The maximum atomic E-state index is 12.2. The van der Waals surface area contributed by atoms with Crippen LogP contribution in [0.5, 0.6) is 11.5 Å². The number of aldehydes is 1. The van der Waals surface area contributed by atoms with Crippen molar-refractivity contribution in [1.82, 2.24) is 10.6 Å². The number of rotatable bonds is 12. The molecule has 1 atom stereocenters. The highest BCUT2D eigenvalue weighted by molar-refractivity contribution is 5.95. The van der Waals surface area contributed by atoms with Crippen molar-refractivity contribution in [3.63, 3.8) is 0 Å². The van der Waals surface area contributed by atoms with Gasteiger partial charge in [-0.15, -0.1) is 0 Å². The number of aryl methyl sites for hydroxylation is 1. The standard InChI is InChI=1S/C21H25NO3.C7H12.C5H12.C3H7NO.C2H6/c1-3-4-5-6-18(15-23)22-21(24)17-9-13-20(14-10-17)25-19-11-7-16(2)8-12-19;1-3-5-7-6-4-2;1-4-5(2)3;1-3(5)4-2;1-2/h7-15,18H,3-6H2,1-2H3,(H,22,24);3,5-7H,4H2,1-2H3;5H,4H2,1-3H3;1-2H3,(H,4,5);1-2H3/b;5-3-,7-6-;;;. The molecule has 0 saturated carbocycles. The van der Waals surface area contributed by atoms with Crippen LogP contribution in [-0.4, -0.2) is 31.2 Å². The molecule has 0 fully saturated rings. The van der Waals surface area contributed by atoms with Crippen molar-refractivity contribution in [2.24, 2.45) is 5.92 Å². The van der Waals surface area contributed by atoms with E-state index in [9.17, 15) is 14.4 Å². The van der Waals surface area contributed by atoms with Crippen molar-refractivity contribution in [1.29, 1.82) is 0 Å². The lowest BCUT2D eigenvalue weighted by atomic mass is 10.1. The Morgan fingerprint density at radius 3 is 1.77 bits per heavy atom. The van der Waals surface area contributed by atoms with E-state index in [4.69, 9.17) is 4.74 Å². The van der Waals surface area contributed by atoms with Gasteiger partial charge in [0.2, 0.25) is 5.91 Å². The van der Waals surface area contributed by atoms with E-state index in [2.05, 4.69) is 57.4 Å². The molecular formula is C38H62N2O4. The molecule has 0 saturated heterocycles. The lowest BCUT2D eigenvalue weighted by molar-refractivity contribution is -0.118. The van der Waals surface area contributed by atoms with Gasteiger partial charge in [-0.2, -0.15) is 0 Å². The van der Waals surface area contributed by atoms with E-state index in [1.807, 2.05) is 64.1 Å².